The van der Waals surface area contributed by atoms with Crippen LogP contribution in [0, 0.1) is 17.5 Å². The van der Waals surface area contributed by atoms with E-state index in [4.69, 9.17) is 14.2 Å². The van der Waals surface area contributed by atoms with Gasteiger partial charge in [-0.05, 0) is 24.3 Å². The molecule has 0 saturated carbocycles. The molecule has 2 rings (SSSR count). The SMILES string of the molecule is COc1cc(F)ccc1OCc1c(OC)ccc(F)c1F.[Na]. The van der Waals surface area contributed by atoms with E-state index < -0.39 is 17.5 Å². The number of benzene rings is 2. The van der Waals surface area contributed by atoms with Gasteiger partial charge in [0.1, 0.15) is 18.2 Å². The molecule has 0 aliphatic rings. The Morgan fingerprint density at radius 2 is 1.50 bits per heavy atom. The van der Waals surface area contributed by atoms with Gasteiger partial charge in [0.25, 0.3) is 0 Å². The van der Waals surface area contributed by atoms with Crippen LogP contribution in [0.4, 0.5) is 13.2 Å². The molecule has 3 nitrogen and oxygen atoms in total. The van der Waals surface area contributed by atoms with Gasteiger partial charge in [-0.15, -0.1) is 0 Å². The van der Waals surface area contributed by atoms with E-state index in [1.165, 1.54) is 32.4 Å². The van der Waals surface area contributed by atoms with E-state index in [9.17, 15) is 13.2 Å². The van der Waals surface area contributed by atoms with Crippen LogP contribution in [0.5, 0.6) is 17.2 Å². The molecule has 0 amide bonds. The molecule has 1 radical (unpaired) electrons. The van der Waals surface area contributed by atoms with E-state index in [2.05, 4.69) is 0 Å². The normalized spacial score (nSPS) is 9.86. The topological polar surface area (TPSA) is 27.7 Å². The summed E-state index contributed by atoms with van der Waals surface area (Å²) in [4.78, 5) is 0. The van der Waals surface area contributed by atoms with E-state index in [-0.39, 0.29) is 59.0 Å². The zero-order chi connectivity index (χ0) is 15.4. The smallest absolute Gasteiger partial charge is 0.169 e. The minimum absolute atomic E-state index is 0. The van der Waals surface area contributed by atoms with Crippen molar-refractivity contribution in [2.45, 2.75) is 6.61 Å². The van der Waals surface area contributed by atoms with Crippen LogP contribution in [0.3, 0.4) is 0 Å². The van der Waals surface area contributed by atoms with Crippen LogP contribution in [0.25, 0.3) is 0 Å². The van der Waals surface area contributed by atoms with Crippen molar-refractivity contribution in [2.24, 2.45) is 0 Å². The maximum Gasteiger partial charge on any atom is 0.169 e. The van der Waals surface area contributed by atoms with Crippen LogP contribution in [0.1, 0.15) is 5.56 Å². The standard InChI is InChI=1S/C15H13F3O3.Na/c1-19-12-6-4-11(17)15(18)10(12)8-21-13-5-3-9(16)7-14(13)20-2;/h3-7H,8H2,1-2H3;. The molecule has 0 aliphatic heterocycles. The Morgan fingerprint density at radius 1 is 0.864 bits per heavy atom. The average Bonchev–Trinajstić information content (AvgIpc) is 2.49. The van der Waals surface area contributed by atoms with Crippen molar-refractivity contribution in [3.8, 4) is 17.2 Å². The molecular formula is C15H13F3NaO3. The Kier molecular flexibility index (Phi) is 7.06. The maximum absolute atomic E-state index is 13.8. The van der Waals surface area contributed by atoms with E-state index in [0.29, 0.717) is 0 Å². The second-order valence-corrected chi connectivity index (χ2v) is 4.13. The van der Waals surface area contributed by atoms with Crippen molar-refractivity contribution < 1.29 is 27.4 Å². The second kappa shape index (κ2) is 8.31. The third-order valence-electron chi connectivity index (χ3n) is 2.87. The minimum Gasteiger partial charge on any atom is -0.496 e. The number of ether oxygens (including phenoxy) is 3. The summed E-state index contributed by atoms with van der Waals surface area (Å²) >= 11 is 0. The summed E-state index contributed by atoms with van der Waals surface area (Å²) in [6.07, 6.45) is 0. The molecule has 0 N–H and O–H groups in total. The predicted molar refractivity (Wildman–Crippen MR) is 75.9 cm³/mol. The zero-order valence-corrected chi connectivity index (χ0v) is 14.5. The monoisotopic (exact) mass is 321 g/mol. The Bertz CT molecular complexity index is 650. The summed E-state index contributed by atoms with van der Waals surface area (Å²) in [6.45, 7) is -0.283. The zero-order valence-electron chi connectivity index (χ0n) is 12.5. The van der Waals surface area contributed by atoms with Gasteiger partial charge in [-0.25, -0.2) is 13.2 Å². The number of halogens is 3. The molecule has 0 spiro atoms. The summed E-state index contributed by atoms with van der Waals surface area (Å²) in [5, 5.41) is 0. The van der Waals surface area contributed by atoms with E-state index in [1.54, 1.807) is 0 Å². The number of hydrogen-bond acceptors (Lipinski definition) is 3. The molecule has 0 aromatic heterocycles. The van der Waals surface area contributed by atoms with Gasteiger partial charge in [-0.3, -0.25) is 0 Å². The predicted octanol–water partition coefficient (Wildman–Crippen LogP) is 3.32. The van der Waals surface area contributed by atoms with Crippen LogP contribution in [-0.2, 0) is 6.61 Å². The molecule has 2 aromatic rings. The fraction of sp³-hybridized carbons (Fsp3) is 0.200. The molecule has 7 heteroatoms. The Labute approximate surface area is 148 Å². The van der Waals surface area contributed by atoms with E-state index in [0.717, 1.165) is 12.1 Å². The van der Waals surface area contributed by atoms with Gasteiger partial charge in [0.15, 0.2) is 23.1 Å². The first-order chi connectivity index (χ1) is 10.1. The first kappa shape index (κ1) is 18.7. The molecule has 0 unspecified atom stereocenters. The Hall–Kier alpha value is -1.37. The first-order valence-electron chi connectivity index (χ1n) is 6.04. The van der Waals surface area contributed by atoms with Crippen molar-refractivity contribution in [3.63, 3.8) is 0 Å². The first-order valence-corrected chi connectivity index (χ1v) is 6.04. The Balaban J connectivity index is 0.00000242. The quantitative estimate of drug-likeness (QED) is 0.791. The number of rotatable bonds is 5. The number of methoxy groups -OCH3 is 2. The molecule has 0 saturated heterocycles. The van der Waals surface area contributed by atoms with Crippen molar-refractivity contribution in [1.29, 1.82) is 0 Å². The van der Waals surface area contributed by atoms with Crippen LogP contribution in [-0.4, -0.2) is 43.8 Å². The van der Waals surface area contributed by atoms with Gasteiger partial charge < -0.3 is 14.2 Å². The molecule has 0 heterocycles. The molecule has 113 valence electrons. The third-order valence-corrected chi connectivity index (χ3v) is 2.87. The summed E-state index contributed by atoms with van der Waals surface area (Å²) in [7, 11) is 2.69. The molecule has 0 atom stereocenters. The molecule has 22 heavy (non-hydrogen) atoms. The van der Waals surface area contributed by atoms with Gasteiger partial charge in [-0.2, -0.15) is 0 Å². The van der Waals surface area contributed by atoms with Gasteiger partial charge in [0.05, 0.1) is 19.8 Å². The van der Waals surface area contributed by atoms with Gasteiger partial charge in [0.2, 0.25) is 0 Å². The molecule has 0 bridgehead atoms. The average molecular weight is 321 g/mol. The summed E-state index contributed by atoms with van der Waals surface area (Å²) in [6, 6.07) is 5.93. The summed E-state index contributed by atoms with van der Waals surface area (Å²) in [5.41, 5.74) is -0.0659. The van der Waals surface area contributed by atoms with Crippen molar-refractivity contribution >= 4 is 29.6 Å². The fourth-order valence-corrected chi connectivity index (χ4v) is 1.81. The summed E-state index contributed by atoms with van der Waals surface area (Å²) < 4.78 is 55.4. The maximum atomic E-state index is 13.8. The summed E-state index contributed by atoms with van der Waals surface area (Å²) in [5.74, 6) is -2.00. The van der Waals surface area contributed by atoms with Gasteiger partial charge in [-0.1, -0.05) is 0 Å². The van der Waals surface area contributed by atoms with Crippen LogP contribution >= 0.6 is 0 Å². The van der Waals surface area contributed by atoms with Crippen molar-refractivity contribution in [3.05, 3.63) is 53.3 Å². The second-order valence-electron chi connectivity index (χ2n) is 4.13. The van der Waals surface area contributed by atoms with Gasteiger partial charge >= 0.3 is 0 Å². The fourth-order valence-electron chi connectivity index (χ4n) is 1.81. The van der Waals surface area contributed by atoms with E-state index >= 15 is 0 Å². The van der Waals surface area contributed by atoms with Crippen molar-refractivity contribution in [2.75, 3.05) is 14.2 Å². The van der Waals surface area contributed by atoms with Crippen LogP contribution in [0.2, 0.25) is 0 Å². The number of hydrogen-bond donors (Lipinski definition) is 0. The van der Waals surface area contributed by atoms with Crippen LogP contribution in [0.15, 0.2) is 30.3 Å². The van der Waals surface area contributed by atoms with Crippen LogP contribution < -0.4 is 14.2 Å². The van der Waals surface area contributed by atoms with E-state index in [1.807, 2.05) is 0 Å². The van der Waals surface area contributed by atoms with Crippen molar-refractivity contribution in [1.82, 2.24) is 0 Å². The molecular weight excluding hydrogens is 308 g/mol. The third kappa shape index (κ3) is 4.09. The Morgan fingerprint density at radius 3 is 2.14 bits per heavy atom. The molecule has 0 fully saturated rings. The largest absolute Gasteiger partial charge is 0.496 e. The van der Waals surface area contributed by atoms with Gasteiger partial charge in [0, 0.05) is 35.6 Å². The molecule has 2 aromatic carbocycles. The molecule has 0 aliphatic carbocycles. The minimum atomic E-state index is -1.05.